The smallest absolute Gasteiger partial charge is 0.319 e. The van der Waals surface area contributed by atoms with Gasteiger partial charge >= 0.3 is 6.03 Å². The molecule has 146 valence electrons. The van der Waals surface area contributed by atoms with Crippen LogP contribution in [0, 0.1) is 0 Å². The van der Waals surface area contributed by atoms with Gasteiger partial charge in [-0.3, -0.25) is 4.79 Å². The second-order valence-electron chi connectivity index (χ2n) is 7.34. The maximum Gasteiger partial charge on any atom is 0.319 e. The summed E-state index contributed by atoms with van der Waals surface area (Å²) in [7, 11) is 0. The minimum Gasteiger partial charge on any atom is -0.492 e. The second-order valence-corrected chi connectivity index (χ2v) is 7.34. The van der Waals surface area contributed by atoms with E-state index in [-0.39, 0.29) is 11.9 Å². The second kappa shape index (κ2) is 8.33. The van der Waals surface area contributed by atoms with Crippen LogP contribution in [-0.4, -0.2) is 31.1 Å². The fourth-order valence-corrected chi connectivity index (χ4v) is 3.36. The van der Waals surface area contributed by atoms with Crippen molar-refractivity contribution < 1.29 is 14.3 Å². The van der Waals surface area contributed by atoms with Crippen LogP contribution in [0.15, 0.2) is 42.5 Å². The number of ether oxygens (including phenoxy) is 1. The molecule has 2 aliphatic carbocycles. The minimum atomic E-state index is -0.205. The molecule has 0 unspecified atom stereocenters. The van der Waals surface area contributed by atoms with Crippen molar-refractivity contribution in [2.24, 2.45) is 0 Å². The third-order valence-corrected chi connectivity index (χ3v) is 5.04. The molecular formula is C22H25N3O3. The molecule has 2 aromatic rings. The Balaban J connectivity index is 1.19. The average molecular weight is 379 g/mol. The van der Waals surface area contributed by atoms with Gasteiger partial charge in [0.2, 0.25) is 0 Å². The summed E-state index contributed by atoms with van der Waals surface area (Å²) >= 11 is 0. The van der Waals surface area contributed by atoms with E-state index in [1.165, 1.54) is 17.5 Å². The molecule has 0 spiro atoms. The van der Waals surface area contributed by atoms with Crippen LogP contribution < -0.4 is 20.7 Å². The van der Waals surface area contributed by atoms with E-state index in [2.05, 4.69) is 28.1 Å². The van der Waals surface area contributed by atoms with Gasteiger partial charge in [-0.2, -0.15) is 0 Å². The number of carbonyl (C=O) groups excluding carboxylic acids is 2. The van der Waals surface area contributed by atoms with Crippen molar-refractivity contribution in [1.82, 2.24) is 10.6 Å². The van der Waals surface area contributed by atoms with E-state index in [9.17, 15) is 9.59 Å². The Hall–Kier alpha value is -3.02. The standard InChI is InChI=1S/C22H25N3O3/c26-21(16-4-7-18(8-5-16)24-22(27)25-19-9-10-19)23-12-13-28-20-11-6-15-2-1-3-17(15)14-20/h4-8,11,14,19H,1-3,9-10,12-13H2,(H,23,26)(H2,24,25,27). The normalized spacial score (nSPS) is 14.9. The van der Waals surface area contributed by atoms with Gasteiger partial charge in [0.25, 0.3) is 5.91 Å². The van der Waals surface area contributed by atoms with Gasteiger partial charge in [-0.1, -0.05) is 6.07 Å². The Bertz CT molecular complexity index is 860. The van der Waals surface area contributed by atoms with Gasteiger partial charge in [-0.05, 0) is 79.6 Å². The highest BCUT2D eigenvalue weighted by molar-refractivity contribution is 5.95. The largest absolute Gasteiger partial charge is 0.492 e. The highest BCUT2D eigenvalue weighted by Crippen LogP contribution is 2.25. The lowest BCUT2D eigenvalue weighted by atomic mass is 10.1. The van der Waals surface area contributed by atoms with Gasteiger partial charge < -0.3 is 20.7 Å². The van der Waals surface area contributed by atoms with E-state index in [0.717, 1.165) is 31.4 Å². The van der Waals surface area contributed by atoms with E-state index in [1.54, 1.807) is 24.3 Å². The zero-order valence-electron chi connectivity index (χ0n) is 15.8. The van der Waals surface area contributed by atoms with Crippen LogP contribution in [0.3, 0.4) is 0 Å². The number of hydrogen-bond donors (Lipinski definition) is 3. The average Bonchev–Trinajstić information content (AvgIpc) is 3.38. The predicted molar refractivity (Wildman–Crippen MR) is 108 cm³/mol. The number of benzene rings is 2. The number of rotatable bonds is 7. The van der Waals surface area contributed by atoms with Crippen molar-refractivity contribution in [3.8, 4) is 5.75 Å². The highest BCUT2D eigenvalue weighted by Gasteiger charge is 2.23. The molecule has 1 fully saturated rings. The molecule has 28 heavy (non-hydrogen) atoms. The number of nitrogens with one attached hydrogen (secondary N) is 3. The summed E-state index contributed by atoms with van der Waals surface area (Å²) < 4.78 is 5.75. The summed E-state index contributed by atoms with van der Waals surface area (Å²) in [6.07, 6.45) is 5.58. The number of hydrogen-bond acceptors (Lipinski definition) is 3. The van der Waals surface area contributed by atoms with Crippen LogP contribution in [-0.2, 0) is 12.8 Å². The molecular weight excluding hydrogens is 354 g/mol. The molecule has 2 aromatic carbocycles. The third-order valence-electron chi connectivity index (χ3n) is 5.04. The van der Waals surface area contributed by atoms with E-state index >= 15 is 0 Å². The first-order chi connectivity index (χ1) is 13.7. The Morgan fingerprint density at radius 1 is 1.00 bits per heavy atom. The molecule has 0 radical (unpaired) electrons. The van der Waals surface area contributed by atoms with E-state index in [4.69, 9.17) is 4.74 Å². The molecule has 0 atom stereocenters. The van der Waals surface area contributed by atoms with Crippen molar-refractivity contribution in [2.75, 3.05) is 18.5 Å². The van der Waals surface area contributed by atoms with Crippen molar-refractivity contribution in [3.05, 3.63) is 59.2 Å². The Morgan fingerprint density at radius 3 is 2.57 bits per heavy atom. The van der Waals surface area contributed by atoms with E-state index in [1.807, 2.05) is 6.07 Å². The lowest BCUT2D eigenvalue weighted by molar-refractivity contribution is 0.0947. The van der Waals surface area contributed by atoms with Crippen LogP contribution in [0.5, 0.6) is 5.75 Å². The quantitative estimate of drug-likeness (QED) is 0.646. The topological polar surface area (TPSA) is 79.5 Å². The van der Waals surface area contributed by atoms with Crippen LogP contribution >= 0.6 is 0 Å². The van der Waals surface area contributed by atoms with Gasteiger partial charge in [0.05, 0.1) is 6.54 Å². The first-order valence-electron chi connectivity index (χ1n) is 9.88. The monoisotopic (exact) mass is 379 g/mol. The number of amides is 3. The maximum atomic E-state index is 12.2. The molecule has 2 aliphatic rings. The summed E-state index contributed by atoms with van der Waals surface area (Å²) in [6.45, 7) is 0.852. The van der Waals surface area contributed by atoms with Gasteiger partial charge in [0.1, 0.15) is 12.4 Å². The van der Waals surface area contributed by atoms with Crippen molar-refractivity contribution in [2.45, 2.75) is 38.1 Å². The molecule has 1 saturated carbocycles. The Morgan fingerprint density at radius 2 is 1.79 bits per heavy atom. The van der Waals surface area contributed by atoms with Crippen molar-refractivity contribution >= 4 is 17.6 Å². The van der Waals surface area contributed by atoms with Crippen molar-refractivity contribution in [1.29, 1.82) is 0 Å². The van der Waals surface area contributed by atoms with Crippen LogP contribution in [0.4, 0.5) is 10.5 Å². The molecule has 3 amide bonds. The Kier molecular flexibility index (Phi) is 5.46. The number of anilines is 1. The summed E-state index contributed by atoms with van der Waals surface area (Å²) in [5, 5.41) is 8.48. The molecule has 0 heterocycles. The summed E-state index contributed by atoms with van der Waals surface area (Å²) in [5.41, 5.74) is 4.00. The molecule has 4 rings (SSSR count). The van der Waals surface area contributed by atoms with Crippen LogP contribution in [0.2, 0.25) is 0 Å². The summed E-state index contributed by atoms with van der Waals surface area (Å²) in [5.74, 6) is 0.696. The zero-order valence-corrected chi connectivity index (χ0v) is 15.8. The predicted octanol–water partition coefficient (Wildman–Crippen LogP) is 3.27. The van der Waals surface area contributed by atoms with Gasteiger partial charge in [0.15, 0.2) is 0 Å². The van der Waals surface area contributed by atoms with E-state index < -0.39 is 0 Å². The zero-order chi connectivity index (χ0) is 19.3. The fourth-order valence-electron chi connectivity index (χ4n) is 3.36. The van der Waals surface area contributed by atoms with Crippen molar-refractivity contribution in [3.63, 3.8) is 0 Å². The van der Waals surface area contributed by atoms with E-state index in [0.29, 0.717) is 30.4 Å². The number of urea groups is 1. The lowest BCUT2D eigenvalue weighted by Gasteiger charge is -2.10. The Labute approximate surface area is 164 Å². The summed E-state index contributed by atoms with van der Waals surface area (Å²) in [4.78, 5) is 24.0. The van der Waals surface area contributed by atoms with Gasteiger partial charge in [-0.25, -0.2) is 4.79 Å². The number of aryl methyl sites for hydroxylation is 2. The van der Waals surface area contributed by atoms with Crippen LogP contribution in [0.25, 0.3) is 0 Å². The van der Waals surface area contributed by atoms with Gasteiger partial charge in [0, 0.05) is 17.3 Å². The first kappa shape index (κ1) is 18.3. The number of fused-ring (bicyclic) bond motifs is 1. The third kappa shape index (κ3) is 4.82. The SMILES string of the molecule is O=C(Nc1ccc(C(=O)NCCOc2ccc3c(c2)CCC3)cc1)NC1CC1. The molecule has 0 aliphatic heterocycles. The van der Waals surface area contributed by atoms with Gasteiger partial charge in [-0.15, -0.1) is 0 Å². The highest BCUT2D eigenvalue weighted by atomic mass is 16.5. The summed E-state index contributed by atoms with van der Waals surface area (Å²) in [6, 6.07) is 13.2. The molecule has 6 heteroatoms. The molecule has 3 N–H and O–H groups in total. The lowest BCUT2D eigenvalue weighted by Crippen LogP contribution is -2.30. The number of carbonyl (C=O) groups is 2. The first-order valence-corrected chi connectivity index (χ1v) is 9.88. The molecule has 0 saturated heterocycles. The maximum absolute atomic E-state index is 12.2. The molecule has 6 nitrogen and oxygen atoms in total. The van der Waals surface area contributed by atoms with Crippen LogP contribution in [0.1, 0.15) is 40.7 Å². The molecule has 0 bridgehead atoms. The fraction of sp³-hybridized carbons (Fsp3) is 0.364. The molecule has 0 aromatic heterocycles. The minimum absolute atomic E-state index is 0.161.